The Kier molecular flexibility index (Phi) is 4.16. The van der Waals surface area contributed by atoms with Gasteiger partial charge in [0.25, 0.3) is 0 Å². The van der Waals surface area contributed by atoms with Gasteiger partial charge in [0.05, 0.1) is 17.6 Å². The molecule has 0 radical (unpaired) electrons. The summed E-state index contributed by atoms with van der Waals surface area (Å²) in [6.07, 6.45) is 2.82. The van der Waals surface area contributed by atoms with Gasteiger partial charge in [0, 0.05) is 19.7 Å². The summed E-state index contributed by atoms with van der Waals surface area (Å²) in [5.41, 5.74) is -0.0145. The molecular formula is C12H18N4O3. The summed E-state index contributed by atoms with van der Waals surface area (Å²) < 4.78 is 0. The first-order valence-corrected chi connectivity index (χ1v) is 6.38. The van der Waals surface area contributed by atoms with E-state index in [2.05, 4.69) is 10.3 Å². The van der Waals surface area contributed by atoms with Gasteiger partial charge in [-0.05, 0) is 25.3 Å². The fourth-order valence-electron chi connectivity index (χ4n) is 2.40. The number of aliphatic hydroxyl groups is 1. The van der Waals surface area contributed by atoms with Crippen LogP contribution >= 0.6 is 0 Å². The Morgan fingerprint density at radius 2 is 2.37 bits per heavy atom. The highest BCUT2D eigenvalue weighted by atomic mass is 16.6. The van der Waals surface area contributed by atoms with Crippen LogP contribution in [0.1, 0.15) is 19.3 Å². The van der Waals surface area contributed by atoms with Gasteiger partial charge in [0.1, 0.15) is 5.82 Å². The first-order chi connectivity index (χ1) is 9.17. The number of anilines is 2. The second kappa shape index (κ2) is 5.83. The molecule has 1 atom stereocenters. The van der Waals surface area contributed by atoms with Gasteiger partial charge in [-0.15, -0.1) is 0 Å². The van der Waals surface area contributed by atoms with Crippen LogP contribution in [-0.4, -0.2) is 41.3 Å². The van der Waals surface area contributed by atoms with E-state index in [-0.39, 0.29) is 18.3 Å². The lowest BCUT2D eigenvalue weighted by molar-refractivity contribution is -0.384. The van der Waals surface area contributed by atoms with Crippen molar-refractivity contribution in [1.29, 1.82) is 0 Å². The van der Waals surface area contributed by atoms with Gasteiger partial charge in [-0.2, -0.15) is 0 Å². The zero-order valence-corrected chi connectivity index (χ0v) is 10.9. The molecule has 1 fully saturated rings. The number of hydrogen-bond donors (Lipinski definition) is 2. The van der Waals surface area contributed by atoms with Crippen LogP contribution in [0.4, 0.5) is 17.3 Å². The van der Waals surface area contributed by atoms with Crippen LogP contribution in [0, 0.1) is 10.1 Å². The number of rotatable bonds is 4. The molecule has 104 valence electrons. The third-order valence-corrected chi connectivity index (χ3v) is 3.42. The number of aromatic nitrogens is 1. The summed E-state index contributed by atoms with van der Waals surface area (Å²) in [4.78, 5) is 16.8. The Morgan fingerprint density at radius 3 is 3.00 bits per heavy atom. The molecule has 1 aromatic rings. The van der Waals surface area contributed by atoms with Crippen LogP contribution in [0.3, 0.4) is 0 Å². The van der Waals surface area contributed by atoms with Crippen molar-refractivity contribution in [2.75, 3.05) is 30.4 Å². The number of pyridine rings is 1. The lowest BCUT2D eigenvalue weighted by Gasteiger charge is -2.35. The minimum atomic E-state index is -0.426. The molecule has 2 N–H and O–H groups in total. The molecule has 1 aromatic heterocycles. The van der Waals surface area contributed by atoms with Crippen molar-refractivity contribution in [2.45, 2.75) is 25.3 Å². The normalized spacial score (nSPS) is 19.3. The minimum Gasteiger partial charge on any atom is -0.394 e. The Bertz CT molecular complexity index is 466. The van der Waals surface area contributed by atoms with Gasteiger partial charge < -0.3 is 15.3 Å². The third-order valence-electron chi connectivity index (χ3n) is 3.42. The summed E-state index contributed by atoms with van der Waals surface area (Å²) >= 11 is 0. The molecular weight excluding hydrogens is 248 g/mol. The van der Waals surface area contributed by atoms with E-state index in [0.717, 1.165) is 19.3 Å². The molecule has 1 unspecified atom stereocenters. The fourth-order valence-corrected chi connectivity index (χ4v) is 2.40. The smallest absolute Gasteiger partial charge is 0.311 e. The molecule has 0 spiro atoms. The summed E-state index contributed by atoms with van der Waals surface area (Å²) in [5, 5.41) is 23.4. The monoisotopic (exact) mass is 266 g/mol. The largest absolute Gasteiger partial charge is 0.394 e. The molecule has 0 amide bonds. The molecule has 0 saturated carbocycles. The van der Waals surface area contributed by atoms with Gasteiger partial charge in [-0.3, -0.25) is 10.1 Å². The second-order valence-electron chi connectivity index (χ2n) is 4.57. The maximum atomic E-state index is 11.1. The predicted molar refractivity (Wildman–Crippen MR) is 72.5 cm³/mol. The summed E-state index contributed by atoms with van der Waals surface area (Å²) in [5.74, 6) is 0.929. The molecule has 1 aliphatic heterocycles. The Morgan fingerprint density at radius 1 is 1.58 bits per heavy atom. The topological polar surface area (TPSA) is 91.5 Å². The van der Waals surface area contributed by atoms with Gasteiger partial charge in [0.2, 0.25) is 5.82 Å². The van der Waals surface area contributed by atoms with Crippen LogP contribution in [-0.2, 0) is 0 Å². The molecule has 0 bridgehead atoms. The SMILES string of the molecule is CNc1ccc([N+](=O)[O-])c(N2CCCCC2CO)n1. The fraction of sp³-hybridized carbons (Fsp3) is 0.583. The zero-order chi connectivity index (χ0) is 13.8. The van der Waals surface area contributed by atoms with Gasteiger partial charge in [-0.1, -0.05) is 0 Å². The number of nitro groups is 1. The van der Waals surface area contributed by atoms with E-state index in [9.17, 15) is 15.2 Å². The van der Waals surface area contributed by atoms with E-state index >= 15 is 0 Å². The van der Waals surface area contributed by atoms with E-state index in [1.54, 1.807) is 13.1 Å². The van der Waals surface area contributed by atoms with E-state index < -0.39 is 4.92 Å². The van der Waals surface area contributed by atoms with Crippen LogP contribution in [0.2, 0.25) is 0 Å². The second-order valence-corrected chi connectivity index (χ2v) is 4.57. The molecule has 1 saturated heterocycles. The van der Waals surface area contributed by atoms with Crippen LogP contribution in [0.5, 0.6) is 0 Å². The van der Waals surface area contributed by atoms with Crippen molar-refractivity contribution in [3.05, 3.63) is 22.2 Å². The first kappa shape index (κ1) is 13.5. The van der Waals surface area contributed by atoms with Gasteiger partial charge >= 0.3 is 5.69 Å². The van der Waals surface area contributed by atoms with Gasteiger partial charge in [-0.25, -0.2) is 4.98 Å². The van der Waals surface area contributed by atoms with Crippen molar-refractivity contribution in [2.24, 2.45) is 0 Å². The maximum absolute atomic E-state index is 11.1. The van der Waals surface area contributed by atoms with E-state index in [0.29, 0.717) is 18.2 Å². The molecule has 0 aromatic carbocycles. The lowest BCUT2D eigenvalue weighted by Crippen LogP contribution is -2.42. The van der Waals surface area contributed by atoms with E-state index in [1.165, 1.54) is 6.07 Å². The van der Waals surface area contributed by atoms with E-state index in [4.69, 9.17) is 0 Å². The van der Waals surface area contributed by atoms with Crippen molar-refractivity contribution >= 4 is 17.3 Å². The number of nitrogens with one attached hydrogen (secondary N) is 1. The molecule has 7 heteroatoms. The first-order valence-electron chi connectivity index (χ1n) is 6.38. The molecule has 2 rings (SSSR count). The highest BCUT2D eigenvalue weighted by Crippen LogP contribution is 2.32. The third kappa shape index (κ3) is 2.76. The van der Waals surface area contributed by atoms with Crippen LogP contribution in [0.15, 0.2) is 12.1 Å². The number of piperidine rings is 1. The van der Waals surface area contributed by atoms with E-state index in [1.807, 2.05) is 4.90 Å². The standard InChI is InChI=1S/C12H18N4O3/c1-13-11-6-5-10(16(18)19)12(14-11)15-7-3-2-4-9(15)8-17/h5-6,9,17H,2-4,7-8H2,1H3,(H,13,14). The quantitative estimate of drug-likeness (QED) is 0.632. The average molecular weight is 266 g/mol. The predicted octanol–water partition coefficient (Wildman–Crippen LogP) is 1.38. The molecule has 0 aliphatic carbocycles. The van der Waals surface area contributed by atoms with Crippen molar-refractivity contribution in [3.63, 3.8) is 0 Å². The van der Waals surface area contributed by atoms with Crippen LogP contribution in [0.25, 0.3) is 0 Å². The maximum Gasteiger partial charge on any atom is 0.311 e. The Balaban J connectivity index is 2.42. The minimum absolute atomic E-state index is 0.0113. The number of hydrogen-bond acceptors (Lipinski definition) is 6. The number of nitrogens with zero attached hydrogens (tertiary/aromatic N) is 3. The summed E-state index contributed by atoms with van der Waals surface area (Å²) in [7, 11) is 1.72. The van der Waals surface area contributed by atoms with Crippen molar-refractivity contribution in [1.82, 2.24) is 4.98 Å². The van der Waals surface area contributed by atoms with Gasteiger partial charge in [0.15, 0.2) is 0 Å². The lowest BCUT2D eigenvalue weighted by atomic mass is 10.0. The van der Waals surface area contributed by atoms with Crippen molar-refractivity contribution in [3.8, 4) is 0 Å². The number of aliphatic hydroxyl groups excluding tert-OH is 1. The van der Waals surface area contributed by atoms with Crippen LogP contribution < -0.4 is 10.2 Å². The molecule has 7 nitrogen and oxygen atoms in total. The zero-order valence-electron chi connectivity index (χ0n) is 10.9. The Labute approximate surface area is 111 Å². The molecule has 2 heterocycles. The highest BCUT2D eigenvalue weighted by molar-refractivity contribution is 5.62. The Hall–Kier alpha value is -1.89. The molecule has 1 aliphatic rings. The molecule has 19 heavy (non-hydrogen) atoms. The summed E-state index contributed by atoms with van der Waals surface area (Å²) in [6, 6.07) is 2.95. The average Bonchev–Trinajstić information content (AvgIpc) is 2.46. The van der Waals surface area contributed by atoms with Crippen molar-refractivity contribution < 1.29 is 10.0 Å². The summed E-state index contributed by atoms with van der Waals surface area (Å²) in [6.45, 7) is 0.675. The highest BCUT2D eigenvalue weighted by Gasteiger charge is 2.29.